The topological polar surface area (TPSA) is 83.8 Å². The van der Waals surface area contributed by atoms with E-state index >= 15 is 0 Å². The number of nitrogens with zero attached hydrogens (tertiary/aromatic N) is 1. The molecule has 0 spiro atoms. The molecule has 0 bridgehead atoms. The number of carbonyl (C=O) groups is 1. The van der Waals surface area contributed by atoms with Gasteiger partial charge in [-0.2, -0.15) is 5.10 Å². The van der Waals surface area contributed by atoms with Crippen molar-refractivity contribution in [2.45, 2.75) is 6.92 Å². The van der Waals surface area contributed by atoms with Crippen LogP contribution in [0, 0.1) is 6.92 Å². The molecule has 0 saturated heterocycles. The molecular weight excluding hydrogens is 212 g/mol. The Morgan fingerprint density at radius 2 is 2.47 bits per heavy atom. The van der Waals surface area contributed by atoms with Crippen LogP contribution in [0.2, 0.25) is 0 Å². The standard InChI is InChI=1S/C9H10N4OS/c1-5-7(10)2-8(15-5)9(14)13-6-3-11-12-4-6/h2-4H,10H2,1H3,(H,11,12)(H,13,14). The Balaban J connectivity index is 2.15. The minimum Gasteiger partial charge on any atom is -0.398 e. The fourth-order valence-corrected chi connectivity index (χ4v) is 1.96. The van der Waals surface area contributed by atoms with Gasteiger partial charge in [-0.3, -0.25) is 9.89 Å². The highest BCUT2D eigenvalue weighted by atomic mass is 32.1. The molecule has 0 saturated carbocycles. The van der Waals surface area contributed by atoms with Crippen LogP contribution >= 0.6 is 11.3 Å². The normalized spacial score (nSPS) is 10.2. The number of hydrogen-bond donors (Lipinski definition) is 3. The summed E-state index contributed by atoms with van der Waals surface area (Å²) in [5.74, 6) is -0.166. The summed E-state index contributed by atoms with van der Waals surface area (Å²) in [4.78, 5) is 13.2. The fraction of sp³-hybridized carbons (Fsp3) is 0.111. The summed E-state index contributed by atoms with van der Waals surface area (Å²) in [6.07, 6.45) is 3.16. The molecule has 0 atom stereocenters. The third-order valence-electron chi connectivity index (χ3n) is 1.94. The van der Waals surface area contributed by atoms with E-state index < -0.39 is 0 Å². The van der Waals surface area contributed by atoms with Gasteiger partial charge in [0.2, 0.25) is 0 Å². The van der Waals surface area contributed by atoms with Crippen molar-refractivity contribution >= 4 is 28.6 Å². The number of carbonyl (C=O) groups excluding carboxylic acids is 1. The van der Waals surface area contributed by atoms with Crippen molar-refractivity contribution in [2.24, 2.45) is 0 Å². The average Bonchev–Trinajstić information content (AvgIpc) is 2.78. The van der Waals surface area contributed by atoms with Gasteiger partial charge in [-0.1, -0.05) is 0 Å². The number of H-pyrrole nitrogens is 1. The smallest absolute Gasteiger partial charge is 0.265 e. The molecule has 0 aromatic carbocycles. The van der Waals surface area contributed by atoms with Crippen LogP contribution in [-0.4, -0.2) is 16.1 Å². The number of nitrogens with one attached hydrogen (secondary N) is 2. The fourth-order valence-electron chi connectivity index (χ4n) is 1.12. The van der Waals surface area contributed by atoms with Crippen LogP contribution in [0.3, 0.4) is 0 Å². The van der Waals surface area contributed by atoms with Gasteiger partial charge in [-0.15, -0.1) is 11.3 Å². The number of rotatable bonds is 2. The number of nitrogens with two attached hydrogens (primary N) is 1. The maximum Gasteiger partial charge on any atom is 0.265 e. The molecular formula is C9H10N4OS. The van der Waals surface area contributed by atoms with Gasteiger partial charge < -0.3 is 11.1 Å². The van der Waals surface area contributed by atoms with Crippen LogP contribution in [0.1, 0.15) is 14.5 Å². The molecule has 6 heteroatoms. The third-order valence-corrected chi connectivity index (χ3v) is 3.00. The first-order valence-corrected chi connectivity index (χ1v) is 5.14. The van der Waals surface area contributed by atoms with E-state index in [4.69, 9.17) is 5.73 Å². The van der Waals surface area contributed by atoms with E-state index in [1.807, 2.05) is 6.92 Å². The zero-order valence-corrected chi connectivity index (χ0v) is 8.89. The molecule has 2 rings (SSSR count). The van der Waals surface area contributed by atoms with E-state index in [2.05, 4.69) is 15.5 Å². The summed E-state index contributed by atoms with van der Waals surface area (Å²) >= 11 is 1.38. The minimum absolute atomic E-state index is 0.166. The van der Waals surface area contributed by atoms with Crippen molar-refractivity contribution in [1.82, 2.24) is 10.2 Å². The molecule has 78 valence electrons. The van der Waals surface area contributed by atoms with Gasteiger partial charge in [-0.25, -0.2) is 0 Å². The summed E-state index contributed by atoms with van der Waals surface area (Å²) in [6, 6.07) is 1.68. The van der Waals surface area contributed by atoms with Crippen molar-refractivity contribution < 1.29 is 4.79 Å². The van der Waals surface area contributed by atoms with Crippen LogP contribution in [0.5, 0.6) is 0 Å². The van der Waals surface area contributed by atoms with Gasteiger partial charge >= 0.3 is 0 Å². The quantitative estimate of drug-likeness (QED) is 0.721. The molecule has 0 aliphatic rings. The van der Waals surface area contributed by atoms with E-state index in [0.29, 0.717) is 16.3 Å². The molecule has 15 heavy (non-hydrogen) atoms. The highest BCUT2D eigenvalue weighted by Crippen LogP contribution is 2.23. The van der Waals surface area contributed by atoms with Crippen molar-refractivity contribution in [1.29, 1.82) is 0 Å². The number of nitrogen functional groups attached to an aromatic ring is 1. The molecule has 2 aromatic rings. The van der Waals surface area contributed by atoms with Gasteiger partial charge in [0.25, 0.3) is 5.91 Å². The molecule has 0 radical (unpaired) electrons. The number of amides is 1. The lowest BCUT2D eigenvalue weighted by molar-refractivity contribution is 0.103. The second-order valence-electron chi connectivity index (χ2n) is 3.06. The van der Waals surface area contributed by atoms with Crippen LogP contribution in [-0.2, 0) is 0 Å². The summed E-state index contributed by atoms with van der Waals surface area (Å²) in [6.45, 7) is 1.88. The Bertz CT molecular complexity index is 455. The third kappa shape index (κ3) is 1.99. The molecule has 5 nitrogen and oxygen atoms in total. The molecule has 0 unspecified atom stereocenters. The van der Waals surface area contributed by atoms with E-state index in [-0.39, 0.29) is 5.91 Å². The van der Waals surface area contributed by atoms with Crippen molar-refractivity contribution in [3.05, 3.63) is 28.2 Å². The zero-order chi connectivity index (χ0) is 10.8. The van der Waals surface area contributed by atoms with Gasteiger partial charge in [0.15, 0.2) is 0 Å². The Morgan fingerprint density at radius 1 is 1.67 bits per heavy atom. The molecule has 0 aliphatic heterocycles. The first kappa shape index (κ1) is 9.72. The molecule has 2 heterocycles. The van der Waals surface area contributed by atoms with Crippen LogP contribution in [0.4, 0.5) is 11.4 Å². The van der Waals surface area contributed by atoms with Crippen molar-refractivity contribution in [3.8, 4) is 0 Å². The Morgan fingerprint density at radius 3 is 3.00 bits per heavy atom. The molecule has 4 N–H and O–H groups in total. The average molecular weight is 222 g/mol. The van der Waals surface area contributed by atoms with E-state index in [0.717, 1.165) is 4.88 Å². The zero-order valence-electron chi connectivity index (χ0n) is 8.07. The first-order chi connectivity index (χ1) is 7.16. The van der Waals surface area contributed by atoms with Gasteiger partial charge in [0, 0.05) is 16.8 Å². The largest absolute Gasteiger partial charge is 0.398 e. The van der Waals surface area contributed by atoms with Gasteiger partial charge in [-0.05, 0) is 13.0 Å². The second kappa shape index (κ2) is 3.74. The summed E-state index contributed by atoms with van der Waals surface area (Å²) in [5.41, 5.74) is 6.96. The number of aryl methyl sites for hydroxylation is 1. The van der Waals surface area contributed by atoms with Crippen LogP contribution < -0.4 is 11.1 Å². The number of aromatic nitrogens is 2. The van der Waals surface area contributed by atoms with Crippen molar-refractivity contribution in [2.75, 3.05) is 11.1 Å². The minimum atomic E-state index is -0.166. The summed E-state index contributed by atoms with van der Waals surface area (Å²) in [7, 11) is 0. The maximum atomic E-state index is 11.7. The highest BCUT2D eigenvalue weighted by Gasteiger charge is 2.11. The number of aromatic amines is 1. The lowest BCUT2D eigenvalue weighted by atomic mass is 10.3. The maximum absolute atomic E-state index is 11.7. The van der Waals surface area contributed by atoms with Crippen LogP contribution in [0.15, 0.2) is 18.5 Å². The predicted octanol–water partition coefficient (Wildman–Crippen LogP) is 1.61. The number of thiophene rings is 1. The Kier molecular flexibility index (Phi) is 2.42. The second-order valence-corrected chi connectivity index (χ2v) is 4.32. The lowest BCUT2D eigenvalue weighted by Crippen LogP contribution is -2.09. The Labute approximate surface area is 90.3 Å². The molecule has 2 aromatic heterocycles. The van der Waals surface area contributed by atoms with Crippen LogP contribution in [0.25, 0.3) is 0 Å². The number of hydrogen-bond acceptors (Lipinski definition) is 4. The van der Waals surface area contributed by atoms with Crippen molar-refractivity contribution in [3.63, 3.8) is 0 Å². The highest BCUT2D eigenvalue weighted by molar-refractivity contribution is 7.14. The molecule has 1 amide bonds. The van der Waals surface area contributed by atoms with Gasteiger partial charge in [0.05, 0.1) is 16.8 Å². The monoisotopic (exact) mass is 222 g/mol. The predicted molar refractivity (Wildman–Crippen MR) is 60.0 cm³/mol. The molecule has 0 aliphatic carbocycles. The van der Waals surface area contributed by atoms with Gasteiger partial charge in [0.1, 0.15) is 0 Å². The number of anilines is 2. The lowest BCUT2D eigenvalue weighted by Gasteiger charge is -1.97. The summed E-state index contributed by atoms with van der Waals surface area (Å²) < 4.78 is 0. The molecule has 0 fully saturated rings. The summed E-state index contributed by atoms with van der Waals surface area (Å²) in [5, 5.41) is 9.05. The van der Waals surface area contributed by atoms with E-state index in [1.54, 1.807) is 18.5 Å². The Hall–Kier alpha value is -1.82. The van der Waals surface area contributed by atoms with E-state index in [9.17, 15) is 4.79 Å². The SMILES string of the molecule is Cc1sc(C(=O)Nc2cn[nH]c2)cc1N. The van der Waals surface area contributed by atoms with E-state index in [1.165, 1.54) is 11.3 Å². The first-order valence-electron chi connectivity index (χ1n) is 4.33.